The largest absolute Gasteiger partial charge is 0.469 e. The molecular weight excluding hydrogens is 260 g/mol. The summed E-state index contributed by atoms with van der Waals surface area (Å²) < 4.78 is 4.55. The predicted molar refractivity (Wildman–Crippen MR) is 89.3 cm³/mol. The molecule has 0 aliphatic carbocycles. The lowest BCUT2D eigenvalue weighted by Gasteiger charge is -2.00. The average molecular weight is 292 g/mol. The lowest BCUT2D eigenvalue weighted by atomic mass is 10.1. The van der Waals surface area contributed by atoms with Crippen molar-refractivity contribution >= 4 is 5.97 Å². The van der Waals surface area contributed by atoms with E-state index < -0.39 is 0 Å². The summed E-state index contributed by atoms with van der Waals surface area (Å²) in [6, 6.07) is 0. The Bertz CT molecular complexity index is 331. The summed E-state index contributed by atoms with van der Waals surface area (Å²) in [5.41, 5.74) is 5.98. The number of ether oxygens (including phenoxy) is 1. The van der Waals surface area contributed by atoms with Crippen LogP contribution in [-0.4, -0.2) is 13.1 Å². The Kier molecular flexibility index (Phi) is 15.8. The highest BCUT2D eigenvalue weighted by atomic mass is 16.5. The van der Waals surface area contributed by atoms with Crippen molar-refractivity contribution in [3.63, 3.8) is 0 Å². The summed E-state index contributed by atoms with van der Waals surface area (Å²) >= 11 is 0. The van der Waals surface area contributed by atoms with Gasteiger partial charge in [-0.15, -0.1) is 0 Å². The molecule has 2 heteroatoms. The van der Waals surface area contributed by atoms with Gasteiger partial charge in [-0.05, 0) is 31.4 Å². The van der Waals surface area contributed by atoms with Gasteiger partial charge < -0.3 is 4.74 Å². The van der Waals surface area contributed by atoms with Gasteiger partial charge in [0.1, 0.15) is 0 Å². The number of unbranched alkanes of at least 4 members (excludes halogenated alkanes) is 9. The Labute approximate surface area is 131 Å². The molecule has 0 saturated carbocycles. The summed E-state index contributed by atoms with van der Waals surface area (Å²) in [7, 11) is 1.41. The molecular formula is C19H32O2. The summed E-state index contributed by atoms with van der Waals surface area (Å²) in [6.45, 7) is 2.26. The van der Waals surface area contributed by atoms with Gasteiger partial charge in [-0.1, -0.05) is 69.8 Å². The number of carbonyl (C=O) groups is 1. The van der Waals surface area contributed by atoms with E-state index in [-0.39, 0.29) is 5.97 Å². The third-order valence-electron chi connectivity index (χ3n) is 3.46. The van der Waals surface area contributed by atoms with Crippen molar-refractivity contribution in [1.29, 1.82) is 0 Å². The van der Waals surface area contributed by atoms with Gasteiger partial charge in [-0.2, -0.15) is 0 Å². The van der Waals surface area contributed by atoms with E-state index in [1.54, 1.807) is 0 Å². The van der Waals surface area contributed by atoms with E-state index in [9.17, 15) is 4.79 Å². The van der Waals surface area contributed by atoms with Crippen molar-refractivity contribution < 1.29 is 9.53 Å². The van der Waals surface area contributed by atoms with Crippen LogP contribution in [-0.2, 0) is 9.53 Å². The molecule has 0 aromatic carbocycles. The van der Waals surface area contributed by atoms with E-state index in [0.29, 0.717) is 12.8 Å². The van der Waals surface area contributed by atoms with Crippen LogP contribution in [0, 0.1) is 0 Å². The first kappa shape index (κ1) is 19.8. The molecule has 0 amide bonds. The highest BCUT2D eigenvalue weighted by Crippen LogP contribution is 2.10. The van der Waals surface area contributed by atoms with Gasteiger partial charge in [0, 0.05) is 6.42 Å². The second-order valence-electron chi connectivity index (χ2n) is 5.43. The third-order valence-corrected chi connectivity index (χ3v) is 3.46. The van der Waals surface area contributed by atoms with E-state index in [1.807, 2.05) is 12.2 Å². The molecule has 0 heterocycles. The molecule has 0 aliphatic heterocycles. The van der Waals surface area contributed by atoms with Crippen molar-refractivity contribution in [2.24, 2.45) is 0 Å². The molecule has 0 unspecified atom stereocenters. The highest BCUT2D eigenvalue weighted by molar-refractivity contribution is 5.69. The van der Waals surface area contributed by atoms with Crippen LogP contribution in [0.15, 0.2) is 23.6 Å². The second-order valence-corrected chi connectivity index (χ2v) is 5.43. The first-order chi connectivity index (χ1) is 10.3. The molecule has 0 aromatic heterocycles. The minimum atomic E-state index is -0.174. The van der Waals surface area contributed by atoms with Crippen LogP contribution in [0.25, 0.3) is 0 Å². The van der Waals surface area contributed by atoms with E-state index in [0.717, 1.165) is 6.42 Å². The number of esters is 1. The van der Waals surface area contributed by atoms with E-state index in [4.69, 9.17) is 0 Å². The van der Waals surface area contributed by atoms with Gasteiger partial charge in [-0.25, -0.2) is 0 Å². The molecule has 0 N–H and O–H groups in total. The third kappa shape index (κ3) is 16.7. The number of rotatable bonds is 13. The Morgan fingerprint density at radius 3 is 1.95 bits per heavy atom. The fourth-order valence-electron chi connectivity index (χ4n) is 2.11. The summed E-state index contributed by atoms with van der Waals surface area (Å²) in [5.74, 6) is -0.174. The Morgan fingerprint density at radius 1 is 0.857 bits per heavy atom. The van der Waals surface area contributed by atoms with E-state index >= 15 is 0 Å². The Morgan fingerprint density at radius 2 is 1.38 bits per heavy atom. The maximum absolute atomic E-state index is 10.8. The number of hydrogen-bond acceptors (Lipinski definition) is 2. The standard InChI is InChI=1S/C19H32O2/c1-3-4-5-6-7-8-9-10-11-12-13-14-15-16-17-18-19(20)21-2/h13,16H,3-12,17-18H2,1-2H3. The average Bonchev–Trinajstić information content (AvgIpc) is 2.50. The summed E-state index contributed by atoms with van der Waals surface area (Å²) in [6.07, 6.45) is 18.3. The van der Waals surface area contributed by atoms with Gasteiger partial charge in [0.15, 0.2) is 0 Å². The van der Waals surface area contributed by atoms with Crippen LogP contribution in [0.4, 0.5) is 0 Å². The summed E-state index contributed by atoms with van der Waals surface area (Å²) in [5, 5.41) is 0. The number of hydrogen-bond donors (Lipinski definition) is 0. The molecule has 0 bridgehead atoms. The number of carbonyl (C=O) groups excluding carboxylic acids is 1. The van der Waals surface area contributed by atoms with Crippen LogP contribution in [0.5, 0.6) is 0 Å². The first-order valence-corrected chi connectivity index (χ1v) is 8.52. The monoisotopic (exact) mass is 292 g/mol. The van der Waals surface area contributed by atoms with Crippen molar-refractivity contribution in [2.75, 3.05) is 7.11 Å². The SMILES string of the molecule is CCCCCCCCCCCC=C=C=CCCC(=O)OC. The molecule has 2 nitrogen and oxygen atoms in total. The van der Waals surface area contributed by atoms with Gasteiger partial charge >= 0.3 is 5.97 Å². The van der Waals surface area contributed by atoms with E-state index in [2.05, 4.69) is 23.1 Å². The molecule has 0 aliphatic rings. The minimum absolute atomic E-state index is 0.174. The predicted octanol–water partition coefficient (Wildman–Crippen LogP) is 5.73. The van der Waals surface area contributed by atoms with Crippen molar-refractivity contribution in [1.82, 2.24) is 0 Å². The fraction of sp³-hybridized carbons (Fsp3) is 0.737. The molecule has 0 aromatic rings. The van der Waals surface area contributed by atoms with Crippen LogP contribution in [0.3, 0.4) is 0 Å². The zero-order valence-corrected chi connectivity index (χ0v) is 14.0. The zero-order valence-electron chi connectivity index (χ0n) is 14.0. The van der Waals surface area contributed by atoms with Gasteiger partial charge in [0.2, 0.25) is 0 Å². The van der Waals surface area contributed by atoms with Crippen LogP contribution in [0.2, 0.25) is 0 Å². The van der Waals surface area contributed by atoms with Crippen LogP contribution >= 0.6 is 0 Å². The maximum atomic E-state index is 10.8. The highest BCUT2D eigenvalue weighted by Gasteiger charge is 1.94. The molecule has 0 radical (unpaired) electrons. The van der Waals surface area contributed by atoms with Crippen LogP contribution < -0.4 is 0 Å². The van der Waals surface area contributed by atoms with Crippen molar-refractivity contribution in [3.8, 4) is 0 Å². The van der Waals surface area contributed by atoms with E-state index in [1.165, 1.54) is 64.9 Å². The fourth-order valence-corrected chi connectivity index (χ4v) is 2.11. The lowest BCUT2D eigenvalue weighted by Crippen LogP contribution is -1.97. The van der Waals surface area contributed by atoms with Crippen LogP contribution in [0.1, 0.15) is 84.0 Å². The molecule has 0 fully saturated rings. The molecule has 0 rings (SSSR count). The topological polar surface area (TPSA) is 26.3 Å². The minimum Gasteiger partial charge on any atom is -0.469 e. The Hall–Kier alpha value is -1.23. The van der Waals surface area contributed by atoms with Gasteiger partial charge in [0.05, 0.1) is 7.11 Å². The number of methoxy groups -OCH3 is 1. The summed E-state index contributed by atoms with van der Waals surface area (Å²) in [4.78, 5) is 10.8. The smallest absolute Gasteiger partial charge is 0.305 e. The molecule has 0 atom stereocenters. The van der Waals surface area contributed by atoms with Gasteiger partial charge in [0.25, 0.3) is 0 Å². The molecule has 0 saturated heterocycles. The lowest BCUT2D eigenvalue weighted by molar-refractivity contribution is -0.140. The molecule has 120 valence electrons. The second kappa shape index (κ2) is 16.8. The first-order valence-electron chi connectivity index (χ1n) is 8.52. The molecule has 0 spiro atoms. The Balaban J connectivity index is 3.35. The maximum Gasteiger partial charge on any atom is 0.305 e. The normalized spacial score (nSPS) is 9.62. The molecule has 21 heavy (non-hydrogen) atoms. The number of allylic oxidation sites excluding steroid dienone is 2. The van der Waals surface area contributed by atoms with Crippen molar-refractivity contribution in [2.45, 2.75) is 84.0 Å². The van der Waals surface area contributed by atoms with Gasteiger partial charge in [-0.3, -0.25) is 4.79 Å². The zero-order chi connectivity index (χ0) is 15.6. The quantitative estimate of drug-likeness (QED) is 0.246. The van der Waals surface area contributed by atoms with Crippen molar-refractivity contribution in [3.05, 3.63) is 23.6 Å².